The molecule has 0 radical (unpaired) electrons. The van der Waals surface area contributed by atoms with Crippen LogP contribution < -0.4 is 20.9 Å². The number of aromatic nitrogens is 4. The number of benzene rings is 2. The number of carbonyl (C=O) groups excluding carboxylic acids is 2. The molecule has 0 fully saturated rings. The number of rotatable bonds is 6. The van der Waals surface area contributed by atoms with E-state index in [1.165, 1.54) is 32.0 Å². The van der Waals surface area contributed by atoms with E-state index in [1.54, 1.807) is 27.4 Å². The molecule has 0 saturated carbocycles. The van der Waals surface area contributed by atoms with E-state index < -0.39 is 0 Å². The number of ether oxygens (including phenoxy) is 1. The molecule has 2 N–H and O–H groups in total. The summed E-state index contributed by atoms with van der Waals surface area (Å²) in [7, 11) is 1.50. The molecule has 0 aliphatic carbocycles. The maximum absolute atomic E-state index is 13.4. The van der Waals surface area contributed by atoms with Crippen LogP contribution in [0.5, 0.6) is 5.75 Å². The molecule has 0 spiro atoms. The molecule has 2 aromatic carbocycles. The summed E-state index contributed by atoms with van der Waals surface area (Å²) >= 11 is 1.44. The molecule has 4 aromatic rings. The number of amides is 2. The average Bonchev–Trinajstić information content (AvgIpc) is 3.44. The Morgan fingerprint density at radius 1 is 1.19 bits per heavy atom. The number of hydrogen-bond donors (Lipinski definition) is 2. The molecule has 1 aliphatic heterocycles. The highest BCUT2D eigenvalue weighted by Crippen LogP contribution is 2.34. The number of carbonyl (C=O) groups is 2. The third-order valence-corrected chi connectivity index (χ3v) is 6.93. The fourth-order valence-corrected chi connectivity index (χ4v) is 5.36. The van der Waals surface area contributed by atoms with Gasteiger partial charge in [-0.1, -0.05) is 23.9 Å². The molecule has 2 aromatic heterocycles. The third kappa shape index (κ3) is 4.44. The molecule has 0 bridgehead atoms. The van der Waals surface area contributed by atoms with Gasteiger partial charge in [-0.3, -0.25) is 19.0 Å². The Labute approximate surface area is 210 Å². The summed E-state index contributed by atoms with van der Waals surface area (Å²) in [4.78, 5) is 42.5. The van der Waals surface area contributed by atoms with E-state index in [2.05, 4.69) is 15.7 Å². The molecular formula is C25H24N6O4S. The number of fused-ring (bicyclic) bond motifs is 2. The van der Waals surface area contributed by atoms with E-state index >= 15 is 0 Å². The van der Waals surface area contributed by atoms with Gasteiger partial charge >= 0.3 is 0 Å². The molecule has 1 atom stereocenters. The Bertz CT molecular complexity index is 1560. The summed E-state index contributed by atoms with van der Waals surface area (Å²) in [6.07, 6.45) is 1.60. The topological polar surface area (TPSA) is 120 Å². The maximum Gasteiger partial charge on any atom is 0.265 e. The molecular weight excluding hydrogens is 480 g/mol. The zero-order chi connectivity index (χ0) is 25.4. The molecule has 10 nitrogen and oxygen atoms in total. The Morgan fingerprint density at radius 2 is 2.03 bits per heavy atom. The van der Waals surface area contributed by atoms with Gasteiger partial charge in [0.15, 0.2) is 10.8 Å². The molecule has 2 amide bonds. The fraction of sp³-hybridized carbons (Fsp3) is 0.240. The third-order valence-electron chi connectivity index (χ3n) is 5.83. The van der Waals surface area contributed by atoms with Crippen molar-refractivity contribution in [3.8, 4) is 11.4 Å². The largest absolute Gasteiger partial charge is 0.495 e. The Morgan fingerprint density at radius 3 is 2.78 bits per heavy atom. The van der Waals surface area contributed by atoms with Crippen molar-refractivity contribution in [3.05, 3.63) is 64.6 Å². The van der Waals surface area contributed by atoms with Crippen molar-refractivity contribution in [2.75, 3.05) is 23.5 Å². The fourth-order valence-electron chi connectivity index (χ4n) is 4.23. The van der Waals surface area contributed by atoms with Crippen molar-refractivity contribution in [1.29, 1.82) is 0 Å². The van der Waals surface area contributed by atoms with Crippen LogP contribution in [0.15, 0.2) is 58.6 Å². The second kappa shape index (κ2) is 9.50. The van der Waals surface area contributed by atoms with Crippen LogP contribution in [0, 0.1) is 6.92 Å². The van der Waals surface area contributed by atoms with E-state index in [9.17, 15) is 14.4 Å². The van der Waals surface area contributed by atoms with Gasteiger partial charge in [-0.25, -0.2) is 9.67 Å². The van der Waals surface area contributed by atoms with E-state index in [0.29, 0.717) is 39.1 Å². The number of hydrogen-bond acceptors (Lipinski definition) is 7. The van der Waals surface area contributed by atoms with Gasteiger partial charge < -0.3 is 15.4 Å². The molecule has 1 unspecified atom stereocenters. The number of nitrogens with zero attached hydrogens (tertiary/aromatic N) is 4. The van der Waals surface area contributed by atoms with Gasteiger partial charge in [0.2, 0.25) is 11.8 Å². The lowest BCUT2D eigenvalue weighted by molar-refractivity contribution is -0.117. The van der Waals surface area contributed by atoms with Gasteiger partial charge in [0, 0.05) is 24.8 Å². The summed E-state index contributed by atoms with van der Waals surface area (Å²) in [6.45, 7) is 3.40. The van der Waals surface area contributed by atoms with Crippen LogP contribution in [0.4, 0.5) is 11.4 Å². The van der Waals surface area contributed by atoms with Crippen molar-refractivity contribution in [2.24, 2.45) is 0 Å². The predicted molar refractivity (Wildman–Crippen MR) is 138 cm³/mol. The summed E-state index contributed by atoms with van der Waals surface area (Å²) in [5.41, 5.74) is 3.15. The maximum atomic E-state index is 13.4. The number of aryl methyl sites for hydroxylation is 1. The van der Waals surface area contributed by atoms with Gasteiger partial charge in [0.1, 0.15) is 11.1 Å². The second-order valence-corrected chi connectivity index (χ2v) is 9.50. The molecule has 5 rings (SSSR count). The van der Waals surface area contributed by atoms with Gasteiger partial charge in [0.25, 0.3) is 5.56 Å². The van der Waals surface area contributed by atoms with Crippen LogP contribution in [0.2, 0.25) is 0 Å². The monoisotopic (exact) mass is 504 g/mol. The lowest BCUT2D eigenvalue weighted by atomic mass is 10.2. The standard InChI is InChI=1S/C25H24N6O4S/c1-14-5-4-6-17(9-14)31-23-19(12-26-31)24(34)30-18(13-36-25(30)29-23)11-22(33)28-20-10-16(27-15(2)32)7-8-21(20)35-3/h4-10,12,18H,11,13H2,1-3H3,(H,27,32)(H,28,33). The highest BCUT2D eigenvalue weighted by molar-refractivity contribution is 7.99. The van der Waals surface area contributed by atoms with E-state index in [-0.39, 0.29) is 29.8 Å². The average molecular weight is 505 g/mol. The van der Waals surface area contributed by atoms with Gasteiger partial charge in [-0.15, -0.1) is 0 Å². The zero-order valence-electron chi connectivity index (χ0n) is 19.9. The predicted octanol–water partition coefficient (Wildman–Crippen LogP) is 3.53. The number of anilines is 2. The highest BCUT2D eigenvalue weighted by Gasteiger charge is 2.30. The molecule has 0 saturated heterocycles. The molecule has 3 heterocycles. The first-order chi connectivity index (χ1) is 17.3. The van der Waals surface area contributed by atoms with Gasteiger partial charge in [-0.05, 0) is 42.8 Å². The quantitative estimate of drug-likeness (QED) is 0.386. The summed E-state index contributed by atoms with van der Waals surface area (Å²) < 4.78 is 8.59. The van der Waals surface area contributed by atoms with Crippen LogP contribution in [-0.4, -0.2) is 44.0 Å². The summed E-state index contributed by atoms with van der Waals surface area (Å²) in [5, 5.41) is 10.9. The minimum atomic E-state index is -0.360. The van der Waals surface area contributed by atoms with Crippen molar-refractivity contribution < 1.29 is 14.3 Å². The number of thioether (sulfide) groups is 1. The first-order valence-electron chi connectivity index (χ1n) is 11.3. The Kier molecular flexibility index (Phi) is 6.23. The second-order valence-electron chi connectivity index (χ2n) is 8.52. The number of nitrogens with one attached hydrogen (secondary N) is 2. The number of methoxy groups -OCH3 is 1. The Hall–Kier alpha value is -4.12. The van der Waals surface area contributed by atoms with E-state index in [4.69, 9.17) is 9.72 Å². The first-order valence-corrected chi connectivity index (χ1v) is 12.3. The zero-order valence-corrected chi connectivity index (χ0v) is 20.8. The highest BCUT2D eigenvalue weighted by atomic mass is 32.2. The lowest BCUT2D eigenvalue weighted by Gasteiger charge is -2.15. The summed E-state index contributed by atoms with van der Waals surface area (Å²) in [5.74, 6) is 0.501. The van der Waals surface area contributed by atoms with Crippen LogP contribution in [0.25, 0.3) is 16.7 Å². The van der Waals surface area contributed by atoms with Crippen LogP contribution in [-0.2, 0) is 9.59 Å². The molecule has 11 heteroatoms. The Balaban J connectivity index is 1.41. The van der Waals surface area contributed by atoms with Gasteiger partial charge in [-0.2, -0.15) is 5.10 Å². The van der Waals surface area contributed by atoms with Crippen molar-refractivity contribution in [1.82, 2.24) is 19.3 Å². The van der Waals surface area contributed by atoms with E-state index in [1.807, 2.05) is 31.2 Å². The molecule has 184 valence electrons. The van der Waals surface area contributed by atoms with Crippen molar-refractivity contribution in [2.45, 2.75) is 31.5 Å². The van der Waals surface area contributed by atoms with Crippen LogP contribution >= 0.6 is 11.8 Å². The van der Waals surface area contributed by atoms with Crippen molar-refractivity contribution in [3.63, 3.8) is 0 Å². The van der Waals surface area contributed by atoms with E-state index in [0.717, 1.165) is 11.3 Å². The lowest BCUT2D eigenvalue weighted by Crippen LogP contribution is -2.27. The minimum absolute atomic E-state index is 0.0760. The SMILES string of the molecule is COc1ccc(NC(C)=O)cc1NC(=O)CC1CSc2nc3c(cnn3-c3cccc(C)c3)c(=O)n21. The van der Waals surface area contributed by atoms with Crippen LogP contribution in [0.1, 0.15) is 24.9 Å². The molecule has 36 heavy (non-hydrogen) atoms. The van der Waals surface area contributed by atoms with Gasteiger partial charge in [0.05, 0.1) is 30.7 Å². The summed E-state index contributed by atoms with van der Waals surface area (Å²) in [6, 6.07) is 12.4. The first kappa shape index (κ1) is 23.6. The van der Waals surface area contributed by atoms with Crippen molar-refractivity contribution >= 4 is 46.0 Å². The molecule has 1 aliphatic rings. The normalized spacial score (nSPS) is 14.5. The van der Waals surface area contributed by atoms with Crippen LogP contribution in [0.3, 0.4) is 0 Å². The smallest absolute Gasteiger partial charge is 0.265 e. The minimum Gasteiger partial charge on any atom is -0.495 e.